The summed E-state index contributed by atoms with van der Waals surface area (Å²) in [5.74, 6) is 1.13. The first-order valence-corrected chi connectivity index (χ1v) is 14.3. The number of carbonyl (C=O) groups is 4. The molecule has 8 heteroatoms. The van der Waals surface area contributed by atoms with Crippen molar-refractivity contribution in [2.75, 3.05) is 11.9 Å². The van der Waals surface area contributed by atoms with E-state index in [0.717, 1.165) is 32.2 Å². The zero-order chi connectivity index (χ0) is 31.2. The number of carbonyl (C=O) groups excluding carboxylic acids is 4. The summed E-state index contributed by atoms with van der Waals surface area (Å²) in [6.07, 6.45) is 0.429. The van der Waals surface area contributed by atoms with Gasteiger partial charge in [0.1, 0.15) is 23.0 Å². The maximum Gasteiger partial charge on any atom is 0.266 e. The van der Waals surface area contributed by atoms with Crippen LogP contribution in [0.1, 0.15) is 58.1 Å². The molecular weight excluding hydrogens is 568 g/mol. The molecule has 2 aliphatic heterocycles. The summed E-state index contributed by atoms with van der Waals surface area (Å²) in [6.45, 7) is 2.02. The Hall–Kier alpha value is -6.02. The van der Waals surface area contributed by atoms with Crippen molar-refractivity contribution in [3.8, 4) is 23.0 Å². The van der Waals surface area contributed by atoms with Crippen LogP contribution in [0.15, 0.2) is 109 Å². The van der Waals surface area contributed by atoms with Crippen LogP contribution in [0.5, 0.6) is 23.0 Å². The topological polar surface area (TPSA) is 93.2 Å². The van der Waals surface area contributed by atoms with E-state index in [2.05, 4.69) is 0 Å². The third-order valence-corrected chi connectivity index (χ3v) is 7.92. The van der Waals surface area contributed by atoms with Gasteiger partial charge >= 0.3 is 0 Å². The standard InChI is InChI=1S/C37H26N2O6/c1-22-3-9-26(10-4-22)44-28-13-15-29(16-14-28)45-27-11-7-25(8-12-27)39-36(42)31-18-6-24(21-33(31)37(39)43)19-23-5-17-30-32(20-23)35(41)38(2)34(30)40/h3-18,20-21H,19H2,1-2H3. The van der Waals surface area contributed by atoms with Crippen LogP contribution in [0.4, 0.5) is 5.69 Å². The molecule has 7 rings (SSSR count). The smallest absolute Gasteiger partial charge is 0.266 e. The van der Waals surface area contributed by atoms with Crippen molar-refractivity contribution in [3.05, 3.63) is 148 Å². The highest BCUT2D eigenvalue weighted by Gasteiger charge is 2.37. The molecule has 0 atom stereocenters. The number of rotatable bonds is 7. The minimum absolute atomic E-state index is 0.318. The lowest BCUT2D eigenvalue weighted by molar-refractivity contribution is 0.0692. The SMILES string of the molecule is Cc1ccc(Oc2ccc(Oc3ccc(N4C(=O)c5ccc(Cc6ccc7c(c6)C(=O)N(C)C7=O)cc5C4=O)cc3)cc2)cc1. The fourth-order valence-corrected chi connectivity index (χ4v) is 5.50. The van der Waals surface area contributed by atoms with Gasteiger partial charge in [-0.05, 0) is 109 Å². The second-order valence-corrected chi connectivity index (χ2v) is 11.0. The van der Waals surface area contributed by atoms with Crippen molar-refractivity contribution in [3.63, 3.8) is 0 Å². The van der Waals surface area contributed by atoms with Gasteiger partial charge in [0.15, 0.2) is 0 Å². The first-order chi connectivity index (χ1) is 21.7. The van der Waals surface area contributed by atoms with E-state index >= 15 is 0 Å². The number of ether oxygens (including phenoxy) is 2. The van der Waals surface area contributed by atoms with Crippen molar-refractivity contribution in [2.24, 2.45) is 0 Å². The summed E-state index contributed by atoms with van der Waals surface area (Å²) in [5, 5.41) is 0. The minimum Gasteiger partial charge on any atom is -0.457 e. The lowest BCUT2D eigenvalue weighted by Gasteiger charge is -2.14. The zero-order valence-corrected chi connectivity index (χ0v) is 24.4. The number of benzene rings is 5. The number of nitrogens with zero attached hydrogens (tertiary/aromatic N) is 2. The van der Waals surface area contributed by atoms with Gasteiger partial charge in [0.05, 0.1) is 27.9 Å². The number of fused-ring (bicyclic) bond motifs is 2. The van der Waals surface area contributed by atoms with Crippen molar-refractivity contribution < 1.29 is 28.7 Å². The molecule has 0 spiro atoms. The predicted octanol–water partition coefficient (Wildman–Crippen LogP) is 7.20. The average molecular weight is 595 g/mol. The largest absolute Gasteiger partial charge is 0.457 e. The lowest BCUT2D eigenvalue weighted by atomic mass is 9.98. The van der Waals surface area contributed by atoms with Gasteiger partial charge in [0, 0.05) is 7.05 Å². The second-order valence-electron chi connectivity index (χ2n) is 11.0. The zero-order valence-electron chi connectivity index (χ0n) is 24.4. The van der Waals surface area contributed by atoms with Gasteiger partial charge in [-0.2, -0.15) is 0 Å². The highest BCUT2D eigenvalue weighted by atomic mass is 16.5. The van der Waals surface area contributed by atoms with E-state index < -0.39 is 11.8 Å². The number of imide groups is 2. The van der Waals surface area contributed by atoms with Crippen LogP contribution in [0.25, 0.3) is 0 Å². The first-order valence-electron chi connectivity index (χ1n) is 14.3. The molecule has 0 unspecified atom stereocenters. The molecule has 0 aromatic heterocycles. The lowest BCUT2D eigenvalue weighted by Crippen LogP contribution is -2.29. The Morgan fingerprint density at radius 3 is 1.42 bits per heavy atom. The van der Waals surface area contributed by atoms with Gasteiger partial charge in [-0.25, -0.2) is 4.90 Å². The van der Waals surface area contributed by atoms with Gasteiger partial charge in [0.2, 0.25) is 0 Å². The Morgan fingerprint density at radius 1 is 0.489 bits per heavy atom. The van der Waals surface area contributed by atoms with Crippen LogP contribution >= 0.6 is 0 Å². The molecule has 0 radical (unpaired) electrons. The van der Waals surface area contributed by atoms with Crippen LogP contribution < -0.4 is 14.4 Å². The summed E-state index contributed by atoms with van der Waals surface area (Å²) in [7, 11) is 1.46. The fraction of sp³-hybridized carbons (Fsp3) is 0.0811. The number of aryl methyl sites for hydroxylation is 1. The summed E-state index contributed by atoms with van der Waals surface area (Å²) < 4.78 is 11.8. The van der Waals surface area contributed by atoms with E-state index in [0.29, 0.717) is 51.6 Å². The van der Waals surface area contributed by atoms with Crippen LogP contribution in [-0.4, -0.2) is 35.6 Å². The van der Waals surface area contributed by atoms with E-state index in [9.17, 15) is 19.2 Å². The Morgan fingerprint density at radius 2 is 0.889 bits per heavy atom. The van der Waals surface area contributed by atoms with Crippen LogP contribution in [-0.2, 0) is 6.42 Å². The number of anilines is 1. The van der Waals surface area contributed by atoms with E-state index in [1.54, 1.807) is 72.8 Å². The first kappa shape index (κ1) is 27.8. The van der Waals surface area contributed by atoms with Gasteiger partial charge in [-0.3, -0.25) is 24.1 Å². The van der Waals surface area contributed by atoms with Crippen molar-refractivity contribution in [1.29, 1.82) is 0 Å². The molecule has 0 aliphatic carbocycles. The van der Waals surface area contributed by atoms with Crippen molar-refractivity contribution in [1.82, 2.24) is 4.90 Å². The number of amides is 4. The van der Waals surface area contributed by atoms with Gasteiger partial charge in [0.25, 0.3) is 23.6 Å². The molecule has 0 saturated carbocycles. The van der Waals surface area contributed by atoms with Crippen LogP contribution in [0, 0.1) is 6.92 Å². The molecule has 8 nitrogen and oxygen atoms in total. The highest BCUT2D eigenvalue weighted by molar-refractivity contribution is 6.34. The monoisotopic (exact) mass is 594 g/mol. The molecule has 4 amide bonds. The highest BCUT2D eigenvalue weighted by Crippen LogP contribution is 2.33. The Bertz CT molecular complexity index is 2010. The van der Waals surface area contributed by atoms with Crippen molar-refractivity contribution in [2.45, 2.75) is 13.3 Å². The molecular formula is C37H26N2O6. The molecule has 220 valence electrons. The van der Waals surface area contributed by atoms with Crippen molar-refractivity contribution >= 4 is 29.3 Å². The molecule has 5 aromatic carbocycles. The molecule has 0 bridgehead atoms. The van der Waals surface area contributed by atoms with E-state index in [4.69, 9.17) is 9.47 Å². The van der Waals surface area contributed by atoms with E-state index in [-0.39, 0.29) is 11.8 Å². The quantitative estimate of drug-likeness (QED) is 0.185. The van der Waals surface area contributed by atoms with Crippen LogP contribution in [0.3, 0.4) is 0 Å². The number of hydrogen-bond acceptors (Lipinski definition) is 6. The summed E-state index contributed by atoms with van der Waals surface area (Å²) in [5.41, 5.74) is 4.62. The normalized spacial score (nSPS) is 13.7. The third kappa shape index (κ3) is 5.12. The van der Waals surface area contributed by atoms with E-state index in [1.165, 1.54) is 7.05 Å². The Labute approximate surface area is 259 Å². The van der Waals surface area contributed by atoms with Crippen LogP contribution in [0.2, 0.25) is 0 Å². The summed E-state index contributed by atoms with van der Waals surface area (Å²) >= 11 is 0. The maximum absolute atomic E-state index is 13.4. The molecule has 5 aromatic rings. The predicted molar refractivity (Wildman–Crippen MR) is 167 cm³/mol. The van der Waals surface area contributed by atoms with Gasteiger partial charge in [-0.1, -0.05) is 29.8 Å². The number of hydrogen-bond donors (Lipinski definition) is 0. The second kappa shape index (κ2) is 10.9. The van der Waals surface area contributed by atoms with Gasteiger partial charge in [-0.15, -0.1) is 0 Å². The summed E-state index contributed by atoms with van der Waals surface area (Å²) in [4.78, 5) is 53.5. The molecule has 0 fully saturated rings. The van der Waals surface area contributed by atoms with Gasteiger partial charge < -0.3 is 9.47 Å². The molecule has 2 heterocycles. The molecule has 45 heavy (non-hydrogen) atoms. The average Bonchev–Trinajstić information content (AvgIpc) is 3.42. The molecule has 0 saturated heterocycles. The fourth-order valence-electron chi connectivity index (χ4n) is 5.50. The summed E-state index contributed by atoms with van der Waals surface area (Å²) in [6, 6.07) is 32.1. The van der Waals surface area contributed by atoms with E-state index in [1.807, 2.05) is 43.3 Å². The maximum atomic E-state index is 13.4. The molecule has 2 aliphatic rings. The minimum atomic E-state index is -0.411. The Kier molecular flexibility index (Phi) is 6.74. The Balaban J connectivity index is 1.03. The molecule has 0 N–H and O–H groups in total. The third-order valence-electron chi connectivity index (χ3n) is 7.92.